The molecular formula is C19H19N3O3. The van der Waals surface area contributed by atoms with Crippen LogP contribution in [0.2, 0.25) is 0 Å². The molecule has 2 amide bonds. The third-order valence-electron chi connectivity index (χ3n) is 4.70. The first kappa shape index (κ1) is 15.5. The maximum absolute atomic E-state index is 13.0. The number of ether oxygens (including phenoxy) is 1. The molecule has 0 unspecified atom stereocenters. The van der Waals surface area contributed by atoms with Gasteiger partial charge in [0.1, 0.15) is 5.75 Å². The Labute approximate surface area is 145 Å². The fraction of sp³-hybridized carbons (Fsp3) is 0.263. The zero-order valence-electron chi connectivity index (χ0n) is 13.7. The summed E-state index contributed by atoms with van der Waals surface area (Å²) < 4.78 is 5.62. The van der Waals surface area contributed by atoms with E-state index in [2.05, 4.69) is 11.0 Å². The lowest BCUT2D eigenvalue weighted by molar-refractivity contribution is -0.125. The molecule has 0 fully saturated rings. The molecule has 4 rings (SSSR count). The van der Waals surface area contributed by atoms with E-state index in [1.807, 2.05) is 36.4 Å². The molecular weight excluding hydrogens is 318 g/mol. The van der Waals surface area contributed by atoms with Crippen LogP contribution < -0.4 is 20.3 Å². The van der Waals surface area contributed by atoms with Crippen LogP contribution in [0, 0.1) is 0 Å². The Bertz CT molecular complexity index is 836. The molecule has 0 aliphatic carbocycles. The molecule has 128 valence electrons. The van der Waals surface area contributed by atoms with Crippen molar-refractivity contribution < 1.29 is 14.3 Å². The number of carbonyl (C=O) groups is 2. The summed E-state index contributed by atoms with van der Waals surface area (Å²) >= 11 is 0. The molecule has 25 heavy (non-hydrogen) atoms. The van der Waals surface area contributed by atoms with E-state index >= 15 is 0 Å². The summed E-state index contributed by atoms with van der Waals surface area (Å²) in [5, 5.41) is 0. The molecule has 2 aromatic carbocycles. The van der Waals surface area contributed by atoms with Crippen LogP contribution in [-0.4, -0.2) is 37.6 Å². The predicted octanol–water partition coefficient (Wildman–Crippen LogP) is 1.33. The van der Waals surface area contributed by atoms with Crippen molar-refractivity contribution in [3.8, 4) is 5.75 Å². The van der Waals surface area contributed by atoms with Gasteiger partial charge in [-0.25, -0.2) is 0 Å². The fourth-order valence-corrected chi connectivity index (χ4v) is 3.44. The smallest absolute Gasteiger partial charge is 0.260 e. The van der Waals surface area contributed by atoms with Crippen LogP contribution >= 0.6 is 0 Å². The van der Waals surface area contributed by atoms with Crippen molar-refractivity contribution in [2.75, 3.05) is 29.4 Å². The summed E-state index contributed by atoms with van der Waals surface area (Å²) in [6.45, 7) is 1.22. The van der Waals surface area contributed by atoms with Crippen LogP contribution in [0.1, 0.15) is 5.56 Å². The lowest BCUT2D eigenvalue weighted by Gasteiger charge is -2.34. The van der Waals surface area contributed by atoms with Gasteiger partial charge in [-0.1, -0.05) is 30.3 Å². The first-order chi connectivity index (χ1) is 12.1. The predicted molar refractivity (Wildman–Crippen MR) is 94.8 cm³/mol. The number of hydrogen-bond acceptors (Lipinski definition) is 4. The van der Waals surface area contributed by atoms with Gasteiger partial charge in [0.05, 0.1) is 18.8 Å². The summed E-state index contributed by atoms with van der Waals surface area (Å²) in [5.41, 5.74) is 8.44. The summed E-state index contributed by atoms with van der Waals surface area (Å²) in [6, 6.07) is 15.3. The molecule has 0 saturated carbocycles. The maximum Gasteiger partial charge on any atom is 0.260 e. The molecule has 2 aliphatic rings. The van der Waals surface area contributed by atoms with Crippen molar-refractivity contribution in [3.63, 3.8) is 0 Å². The zero-order chi connectivity index (χ0) is 17.4. The highest BCUT2D eigenvalue weighted by Crippen LogP contribution is 2.34. The highest BCUT2D eigenvalue weighted by atomic mass is 16.5. The largest absolute Gasteiger partial charge is 0.477 e. The summed E-state index contributed by atoms with van der Waals surface area (Å²) in [7, 11) is 0. The van der Waals surface area contributed by atoms with Crippen molar-refractivity contribution in [2.24, 2.45) is 5.73 Å². The normalized spacial score (nSPS) is 18.3. The molecule has 2 aliphatic heterocycles. The number of nitrogens with zero attached hydrogens (tertiary/aromatic N) is 2. The monoisotopic (exact) mass is 337 g/mol. The van der Waals surface area contributed by atoms with Crippen molar-refractivity contribution in [1.82, 2.24) is 0 Å². The summed E-state index contributed by atoms with van der Waals surface area (Å²) in [6.07, 6.45) is 0.109. The maximum atomic E-state index is 13.0. The van der Waals surface area contributed by atoms with Crippen molar-refractivity contribution in [2.45, 2.75) is 12.5 Å². The molecule has 2 N–H and O–H groups in total. The van der Waals surface area contributed by atoms with Gasteiger partial charge < -0.3 is 20.3 Å². The molecule has 0 aromatic heterocycles. The van der Waals surface area contributed by atoms with Crippen molar-refractivity contribution >= 4 is 23.2 Å². The number of para-hydroxylation sites is 3. The first-order valence-corrected chi connectivity index (χ1v) is 8.31. The zero-order valence-corrected chi connectivity index (χ0v) is 13.7. The molecule has 0 radical (unpaired) electrons. The second-order valence-electron chi connectivity index (χ2n) is 6.28. The quantitative estimate of drug-likeness (QED) is 0.917. The molecule has 2 heterocycles. The Hall–Kier alpha value is -3.02. The second-order valence-corrected chi connectivity index (χ2v) is 6.28. The van der Waals surface area contributed by atoms with E-state index in [9.17, 15) is 9.59 Å². The number of benzene rings is 2. The molecule has 1 atom stereocenters. The van der Waals surface area contributed by atoms with Crippen LogP contribution in [0.3, 0.4) is 0 Å². The van der Waals surface area contributed by atoms with Crippen LogP contribution in [-0.2, 0) is 16.0 Å². The second kappa shape index (κ2) is 6.12. The third kappa shape index (κ3) is 2.80. The van der Waals surface area contributed by atoms with Crippen LogP contribution in [0.5, 0.6) is 5.75 Å². The van der Waals surface area contributed by atoms with Crippen LogP contribution in [0.25, 0.3) is 0 Å². The molecule has 0 saturated heterocycles. The van der Waals surface area contributed by atoms with Gasteiger partial charge in [-0.05, 0) is 30.2 Å². The first-order valence-electron chi connectivity index (χ1n) is 8.31. The van der Waals surface area contributed by atoms with E-state index in [0.717, 1.165) is 18.7 Å². The molecule has 0 bridgehead atoms. The summed E-state index contributed by atoms with van der Waals surface area (Å²) in [5.74, 6) is -0.134. The Morgan fingerprint density at radius 3 is 2.60 bits per heavy atom. The molecule has 6 heteroatoms. The minimum Gasteiger partial charge on any atom is -0.477 e. The number of carbonyl (C=O) groups excluding carboxylic acids is 2. The van der Waals surface area contributed by atoms with Crippen molar-refractivity contribution in [3.05, 3.63) is 54.1 Å². The Balaban J connectivity index is 1.58. The van der Waals surface area contributed by atoms with Gasteiger partial charge in [-0.3, -0.25) is 9.59 Å². The Morgan fingerprint density at radius 2 is 1.80 bits per heavy atom. The lowest BCUT2D eigenvalue weighted by atomic mass is 10.1. The number of amides is 2. The third-order valence-corrected chi connectivity index (χ3v) is 4.70. The number of rotatable bonds is 3. The standard InChI is InChI=1S/C19H19N3O3/c20-19(24)17-11-22(15-7-3-4-8-16(15)25-17)18(23)12-21-10-9-13-5-1-2-6-14(13)21/h1-8,17H,9-12H2,(H2,20,24)/t17-/m0/s1. The number of anilines is 2. The van der Waals surface area contributed by atoms with E-state index in [1.165, 1.54) is 5.56 Å². The van der Waals surface area contributed by atoms with Gasteiger partial charge in [0.25, 0.3) is 5.91 Å². The minimum absolute atomic E-state index is 0.0706. The van der Waals surface area contributed by atoms with E-state index in [4.69, 9.17) is 10.5 Å². The Kier molecular flexibility index (Phi) is 3.80. The van der Waals surface area contributed by atoms with Gasteiger partial charge in [0.2, 0.25) is 5.91 Å². The van der Waals surface area contributed by atoms with E-state index < -0.39 is 12.0 Å². The minimum atomic E-state index is -0.829. The van der Waals surface area contributed by atoms with Crippen LogP contribution in [0.4, 0.5) is 11.4 Å². The van der Waals surface area contributed by atoms with E-state index in [0.29, 0.717) is 11.4 Å². The number of fused-ring (bicyclic) bond motifs is 2. The fourth-order valence-electron chi connectivity index (χ4n) is 3.44. The molecule has 6 nitrogen and oxygen atoms in total. The van der Waals surface area contributed by atoms with Gasteiger partial charge in [0.15, 0.2) is 6.10 Å². The lowest BCUT2D eigenvalue weighted by Crippen LogP contribution is -2.51. The Morgan fingerprint density at radius 1 is 1.08 bits per heavy atom. The number of hydrogen-bond donors (Lipinski definition) is 1. The van der Waals surface area contributed by atoms with Gasteiger partial charge >= 0.3 is 0 Å². The SMILES string of the molecule is NC(=O)[C@@H]1CN(C(=O)CN2CCc3ccccc32)c2ccccc2O1. The number of nitrogens with two attached hydrogens (primary N) is 1. The summed E-state index contributed by atoms with van der Waals surface area (Å²) in [4.78, 5) is 28.2. The van der Waals surface area contributed by atoms with Gasteiger partial charge in [0, 0.05) is 12.2 Å². The average molecular weight is 337 g/mol. The van der Waals surface area contributed by atoms with Gasteiger partial charge in [-0.2, -0.15) is 0 Å². The number of primary amides is 1. The van der Waals surface area contributed by atoms with E-state index in [1.54, 1.807) is 11.0 Å². The van der Waals surface area contributed by atoms with E-state index in [-0.39, 0.29) is 19.0 Å². The van der Waals surface area contributed by atoms with Crippen molar-refractivity contribution in [1.29, 1.82) is 0 Å². The highest BCUT2D eigenvalue weighted by Gasteiger charge is 2.33. The topological polar surface area (TPSA) is 75.9 Å². The molecule has 0 spiro atoms. The van der Waals surface area contributed by atoms with Gasteiger partial charge in [-0.15, -0.1) is 0 Å². The van der Waals surface area contributed by atoms with Crippen LogP contribution in [0.15, 0.2) is 48.5 Å². The highest BCUT2D eigenvalue weighted by molar-refractivity contribution is 5.99. The average Bonchev–Trinajstić information content (AvgIpc) is 3.03. The molecule has 2 aromatic rings.